The summed E-state index contributed by atoms with van der Waals surface area (Å²) < 4.78 is 2.61. The van der Waals surface area contributed by atoms with E-state index in [1.807, 2.05) is 11.3 Å². The minimum absolute atomic E-state index is 0.112. The minimum atomic E-state index is -0.130. The van der Waals surface area contributed by atoms with Gasteiger partial charge in [0, 0.05) is 42.3 Å². The average molecular weight is 740 g/mol. The maximum atomic E-state index is 5.25. The van der Waals surface area contributed by atoms with Gasteiger partial charge in [0.15, 0.2) is 17.5 Å². The van der Waals surface area contributed by atoms with Crippen LogP contribution in [-0.2, 0) is 10.8 Å². The number of nitrogens with zero attached hydrogens (tertiary/aromatic N) is 3. The van der Waals surface area contributed by atoms with Crippen LogP contribution in [0.5, 0.6) is 0 Å². The Labute approximate surface area is 332 Å². The molecule has 2 heterocycles. The van der Waals surface area contributed by atoms with Crippen LogP contribution in [0.3, 0.4) is 0 Å². The lowest BCUT2D eigenvalue weighted by atomic mass is 9.82. The van der Waals surface area contributed by atoms with Gasteiger partial charge < -0.3 is 0 Å². The van der Waals surface area contributed by atoms with E-state index in [0.29, 0.717) is 17.5 Å². The molecule has 56 heavy (non-hydrogen) atoms. The molecule has 1 aliphatic carbocycles. The highest BCUT2D eigenvalue weighted by molar-refractivity contribution is 7.26. The van der Waals surface area contributed by atoms with Crippen molar-refractivity contribution in [3.8, 4) is 67.5 Å². The van der Waals surface area contributed by atoms with E-state index in [1.54, 1.807) is 0 Å². The Hall–Kier alpha value is -6.23. The third-order valence-corrected chi connectivity index (χ3v) is 12.8. The summed E-state index contributed by atoms with van der Waals surface area (Å²) in [5.41, 5.74) is 14.1. The van der Waals surface area contributed by atoms with Crippen LogP contribution in [-0.4, -0.2) is 15.0 Å². The monoisotopic (exact) mass is 739 g/mol. The van der Waals surface area contributed by atoms with Crippen molar-refractivity contribution in [2.24, 2.45) is 0 Å². The standard InChI is InChI=1S/C52H41N3S/c1-51(2,3)37-30-28-33(29-31-37)32-20-24-35(25-21-32)48-53-49(55-50(54-48)42-16-11-18-44-46(42)41-13-6-8-17-43(41)52(44,4)5)36-26-22-34(23-27-36)38-14-10-15-40-39-12-7-9-19-45(39)56-47(38)40/h6-31H,1-5H3. The maximum absolute atomic E-state index is 5.25. The smallest absolute Gasteiger partial charge is 0.164 e. The molecule has 9 aromatic rings. The van der Waals surface area contributed by atoms with Gasteiger partial charge in [0.05, 0.1) is 0 Å². The highest BCUT2D eigenvalue weighted by Gasteiger charge is 2.37. The lowest BCUT2D eigenvalue weighted by Gasteiger charge is -2.21. The second kappa shape index (κ2) is 12.9. The van der Waals surface area contributed by atoms with Gasteiger partial charge in [0.25, 0.3) is 0 Å². The first-order valence-corrected chi connectivity index (χ1v) is 20.2. The number of fused-ring (bicyclic) bond motifs is 6. The number of hydrogen-bond donors (Lipinski definition) is 0. The molecular formula is C52H41N3S. The van der Waals surface area contributed by atoms with Crippen LogP contribution in [0.4, 0.5) is 0 Å². The maximum Gasteiger partial charge on any atom is 0.164 e. The second-order valence-electron chi connectivity index (χ2n) is 16.5. The first kappa shape index (κ1) is 34.3. The molecule has 0 aliphatic heterocycles. The summed E-state index contributed by atoms with van der Waals surface area (Å²) in [6, 6.07) is 56.9. The topological polar surface area (TPSA) is 38.7 Å². The molecule has 4 heteroatoms. The molecule has 0 saturated heterocycles. The third-order valence-electron chi connectivity index (χ3n) is 11.6. The molecule has 0 saturated carbocycles. The van der Waals surface area contributed by atoms with Gasteiger partial charge in [-0.2, -0.15) is 0 Å². The zero-order chi connectivity index (χ0) is 38.2. The van der Waals surface area contributed by atoms with Crippen molar-refractivity contribution < 1.29 is 0 Å². The van der Waals surface area contributed by atoms with E-state index < -0.39 is 0 Å². The summed E-state index contributed by atoms with van der Waals surface area (Å²) >= 11 is 1.86. The number of thiophene rings is 1. The van der Waals surface area contributed by atoms with Gasteiger partial charge in [-0.25, -0.2) is 15.0 Å². The van der Waals surface area contributed by atoms with E-state index in [4.69, 9.17) is 15.0 Å². The molecule has 0 fully saturated rings. The van der Waals surface area contributed by atoms with E-state index in [-0.39, 0.29) is 10.8 Å². The molecule has 7 aromatic carbocycles. The van der Waals surface area contributed by atoms with Gasteiger partial charge in [-0.1, -0.05) is 186 Å². The van der Waals surface area contributed by atoms with Gasteiger partial charge in [0.2, 0.25) is 0 Å². The molecule has 0 N–H and O–H groups in total. The molecule has 0 bridgehead atoms. The largest absolute Gasteiger partial charge is 0.208 e. The molecule has 10 rings (SSSR count). The summed E-state index contributed by atoms with van der Waals surface area (Å²) in [4.78, 5) is 15.7. The summed E-state index contributed by atoms with van der Waals surface area (Å²) in [5.74, 6) is 1.99. The fourth-order valence-corrected chi connectivity index (χ4v) is 9.68. The molecule has 1 aliphatic rings. The number of aromatic nitrogens is 3. The van der Waals surface area contributed by atoms with Crippen LogP contribution in [0, 0.1) is 0 Å². The van der Waals surface area contributed by atoms with E-state index in [1.165, 1.54) is 64.7 Å². The Kier molecular flexibility index (Phi) is 7.91. The van der Waals surface area contributed by atoms with Gasteiger partial charge >= 0.3 is 0 Å². The Morgan fingerprint density at radius 2 is 0.929 bits per heavy atom. The lowest BCUT2D eigenvalue weighted by Crippen LogP contribution is -2.14. The third kappa shape index (κ3) is 5.67. The Morgan fingerprint density at radius 1 is 0.429 bits per heavy atom. The van der Waals surface area contributed by atoms with Crippen LogP contribution >= 0.6 is 11.3 Å². The van der Waals surface area contributed by atoms with Crippen LogP contribution in [0.15, 0.2) is 158 Å². The first-order chi connectivity index (χ1) is 27.1. The predicted octanol–water partition coefficient (Wildman–Crippen LogP) is 14.2. The van der Waals surface area contributed by atoms with Gasteiger partial charge in [-0.05, 0) is 61.6 Å². The highest BCUT2D eigenvalue weighted by Crippen LogP contribution is 2.51. The summed E-state index contributed by atoms with van der Waals surface area (Å²) in [5, 5.41) is 2.60. The summed E-state index contributed by atoms with van der Waals surface area (Å²) in [6.07, 6.45) is 0. The Balaban J connectivity index is 1.09. The molecule has 3 nitrogen and oxygen atoms in total. The van der Waals surface area contributed by atoms with Crippen molar-refractivity contribution in [1.29, 1.82) is 0 Å². The van der Waals surface area contributed by atoms with Crippen molar-refractivity contribution >= 4 is 31.5 Å². The molecule has 0 radical (unpaired) electrons. The zero-order valence-corrected chi connectivity index (χ0v) is 33.1. The average Bonchev–Trinajstić information content (AvgIpc) is 3.73. The van der Waals surface area contributed by atoms with Gasteiger partial charge in [0.1, 0.15) is 0 Å². The van der Waals surface area contributed by atoms with Gasteiger partial charge in [-0.15, -0.1) is 11.3 Å². The molecule has 2 aromatic heterocycles. The molecule has 0 unspecified atom stereocenters. The normalized spacial score (nSPS) is 13.2. The van der Waals surface area contributed by atoms with E-state index in [2.05, 4.69) is 192 Å². The van der Waals surface area contributed by atoms with Crippen molar-refractivity contribution in [1.82, 2.24) is 15.0 Å². The minimum Gasteiger partial charge on any atom is -0.208 e. The number of rotatable bonds is 5. The number of hydrogen-bond acceptors (Lipinski definition) is 4. The fraction of sp³-hybridized carbons (Fsp3) is 0.135. The van der Waals surface area contributed by atoms with Crippen LogP contribution < -0.4 is 0 Å². The molecule has 270 valence electrons. The Bertz CT molecular complexity index is 2950. The van der Waals surface area contributed by atoms with E-state index >= 15 is 0 Å². The van der Waals surface area contributed by atoms with Crippen LogP contribution in [0.25, 0.3) is 87.7 Å². The lowest BCUT2D eigenvalue weighted by molar-refractivity contribution is 0.590. The van der Waals surface area contributed by atoms with E-state index in [0.717, 1.165) is 22.3 Å². The molecule has 0 atom stereocenters. The van der Waals surface area contributed by atoms with Crippen LogP contribution in [0.1, 0.15) is 51.3 Å². The molecular weight excluding hydrogens is 699 g/mol. The first-order valence-electron chi connectivity index (χ1n) is 19.4. The van der Waals surface area contributed by atoms with Crippen molar-refractivity contribution in [3.63, 3.8) is 0 Å². The zero-order valence-electron chi connectivity index (χ0n) is 32.3. The molecule has 0 amide bonds. The quantitative estimate of drug-likeness (QED) is 0.176. The predicted molar refractivity (Wildman–Crippen MR) is 236 cm³/mol. The van der Waals surface area contributed by atoms with Crippen LogP contribution in [0.2, 0.25) is 0 Å². The van der Waals surface area contributed by atoms with Crippen molar-refractivity contribution in [2.75, 3.05) is 0 Å². The molecule has 0 spiro atoms. The number of benzene rings is 7. The van der Waals surface area contributed by atoms with Gasteiger partial charge in [-0.3, -0.25) is 0 Å². The Morgan fingerprint density at radius 3 is 1.62 bits per heavy atom. The van der Waals surface area contributed by atoms with Crippen molar-refractivity contribution in [2.45, 2.75) is 45.4 Å². The van der Waals surface area contributed by atoms with E-state index in [9.17, 15) is 0 Å². The highest BCUT2D eigenvalue weighted by atomic mass is 32.1. The van der Waals surface area contributed by atoms with Crippen molar-refractivity contribution in [3.05, 3.63) is 174 Å². The summed E-state index contributed by atoms with van der Waals surface area (Å²) in [6.45, 7) is 11.4. The SMILES string of the molecule is CC(C)(C)c1ccc(-c2ccc(-c3nc(-c4ccc(-c5cccc6c5sc5ccccc56)cc4)nc(-c4cccc5c4-c4ccccc4C5(C)C)n3)cc2)cc1. The fourth-order valence-electron chi connectivity index (χ4n) is 8.44. The second-order valence-corrected chi connectivity index (χ2v) is 17.5. The summed E-state index contributed by atoms with van der Waals surface area (Å²) in [7, 11) is 0.